The fourth-order valence-electron chi connectivity index (χ4n) is 5.14. The molecule has 7 heteroatoms. The number of ether oxygens (including phenoxy) is 1. The zero-order valence-electron chi connectivity index (χ0n) is 20.9. The van der Waals surface area contributed by atoms with Crippen LogP contribution in [0.1, 0.15) is 74.5 Å². The number of hydrogen-bond donors (Lipinski definition) is 2. The van der Waals surface area contributed by atoms with Crippen LogP contribution in [-0.4, -0.2) is 39.0 Å². The highest BCUT2D eigenvalue weighted by molar-refractivity contribution is 7.79. The molecule has 1 saturated carbocycles. The molecule has 6 nitrogen and oxygen atoms in total. The average Bonchev–Trinajstić information content (AvgIpc) is 3.08. The average molecular weight is 487 g/mol. The van der Waals surface area contributed by atoms with E-state index in [9.17, 15) is 13.6 Å². The third-order valence-electron chi connectivity index (χ3n) is 7.31. The monoisotopic (exact) mass is 486 g/mol. The van der Waals surface area contributed by atoms with Gasteiger partial charge in [-0.2, -0.15) is 0 Å². The highest BCUT2D eigenvalue weighted by Crippen LogP contribution is 2.35. The molecule has 186 valence electrons. The van der Waals surface area contributed by atoms with Crippen LogP contribution in [-0.2, 0) is 27.8 Å². The standard InChI is InChI=1S/C27H38N2O4S/c1-18-22(26(30)28-14-20-16-33-17-20)13-24(29(18)15-19-8-6-5-7-9-19)21-10-11-25(34(31)32)23(12-21)27(2,3)4/h10-13,19-20H,5-9,14-17H2,1-4H3,(H,28,30)(H,31,32). The summed E-state index contributed by atoms with van der Waals surface area (Å²) in [6.45, 7) is 11.1. The van der Waals surface area contributed by atoms with Gasteiger partial charge in [0.25, 0.3) is 5.91 Å². The van der Waals surface area contributed by atoms with Crippen molar-refractivity contribution in [3.05, 3.63) is 41.1 Å². The van der Waals surface area contributed by atoms with Crippen molar-refractivity contribution in [2.24, 2.45) is 11.8 Å². The third-order valence-corrected chi connectivity index (χ3v) is 8.04. The molecule has 1 aliphatic carbocycles. The first-order chi connectivity index (χ1) is 16.1. The number of rotatable bonds is 7. The van der Waals surface area contributed by atoms with E-state index < -0.39 is 11.1 Å². The maximum atomic E-state index is 13.1. The molecule has 0 radical (unpaired) electrons. The van der Waals surface area contributed by atoms with Crippen molar-refractivity contribution in [2.45, 2.75) is 76.7 Å². The second-order valence-electron chi connectivity index (χ2n) is 11.0. The normalized spacial score (nSPS) is 18.5. The molecule has 1 aromatic carbocycles. The molecule has 0 spiro atoms. The van der Waals surface area contributed by atoms with Gasteiger partial charge in [-0.25, -0.2) is 4.21 Å². The molecule has 34 heavy (non-hydrogen) atoms. The van der Waals surface area contributed by atoms with Crippen LogP contribution < -0.4 is 5.32 Å². The summed E-state index contributed by atoms with van der Waals surface area (Å²) < 4.78 is 29.4. The van der Waals surface area contributed by atoms with Crippen LogP contribution in [0.15, 0.2) is 29.2 Å². The molecule has 1 atom stereocenters. The summed E-state index contributed by atoms with van der Waals surface area (Å²) in [4.78, 5) is 13.6. The number of amides is 1. The van der Waals surface area contributed by atoms with Crippen LogP contribution >= 0.6 is 0 Å². The van der Waals surface area contributed by atoms with Gasteiger partial charge in [-0.15, -0.1) is 0 Å². The summed E-state index contributed by atoms with van der Waals surface area (Å²) in [6.07, 6.45) is 6.28. The van der Waals surface area contributed by atoms with Gasteiger partial charge in [-0.3, -0.25) is 4.79 Å². The van der Waals surface area contributed by atoms with E-state index in [2.05, 4.69) is 30.7 Å². The topological polar surface area (TPSA) is 80.6 Å². The molecule has 4 rings (SSSR count). The number of carbonyl (C=O) groups excluding carboxylic acids is 1. The molecular weight excluding hydrogens is 448 g/mol. The molecule has 1 saturated heterocycles. The smallest absolute Gasteiger partial charge is 0.253 e. The number of benzene rings is 1. The zero-order valence-corrected chi connectivity index (χ0v) is 21.7. The predicted molar refractivity (Wildman–Crippen MR) is 136 cm³/mol. The Morgan fingerprint density at radius 2 is 1.85 bits per heavy atom. The van der Waals surface area contributed by atoms with E-state index in [-0.39, 0.29) is 11.3 Å². The Hall–Kier alpha value is -1.96. The molecule has 2 aromatic rings. The van der Waals surface area contributed by atoms with Gasteiger partial charge in [-0.05, 0) is 60.4 Å². The van der Waals surface area contributed by atoms with Crippen LogP contribution in [0.5, 0.6) is 0 Å². The van der Waals surface area contributed by atoms with Crippen molar-refractivity contribution in [2.75, 3.05) is 19.8 Å². The number of hydrogen-bond acceptors (Lipinski definition) is 3. The van der Waals surface area contributed by atoms with Gasteiger partial charge in [0, 0.05) is 30.4 Å². The Bertz CT molecular complexity index is 1060. The highest BCUT2D eigenvalue weighted by Gasteiger charge is 2.26. The minimum absolute atomic E-state index is 0.0443. The maximum absolute atomic E-state index is 13.1. The van der Waals surface area contributed by atoms with Crippen molar-refractivity contribution >= 4 is 17.0 Å². The van der Waals surface area contributed by atoms with E-state index >= 15 is 0 Å². The van der Waals surface area contributed by atoms with Gasteiger partial charge in [0.1, 0.15) is 0 Å². The van der Waals surface area contributed by atoms with Gasteiger partial charge in [0.15, 0.2) is 11.1 Å². The molecule has 1 amide bonds. The molecule has 2 aliphatic rings. The second kappa shape index (κ2) is 10.3. The van der Waals surface area contributed by atoms with E-state index in [4.69, 9.17) is 4.74 Å². The number of nitrogens with one attached hydrogen (secondary N) is 1. The minimum atomic E-state index is -2.05. The van der Waals surface area contributed by atoms with Crippen LogP contribution in [0, 0.1) is 18.8 Å². The van der Waals surface area contributed by atoms with Gasteiger partial charge in [0.2, 0.25) is 0 Å². The summed E-state index contributed by atoms with van der Waals surface area (Å²) >= 11 is -2.05. The first kappa shape index (κ1) is 25.1. The molecule has 1 aromatic heterocycles. The SMILES string of the molecule is Cc1c(C(=O)NCC2COC2)cc(-c2ccc(S(=O)O)c(C(C)(C)C)c2)n1CC1CCCCC1. The number of nitrogens with zero attached hydrogens (tertiary/aromatic N) is 1. The quantitative estimate of drug-likeness (QED) is 0.521. The summed E-state index contributed by atoms with van der Waals surface area (Å²) in [7, 11) is 0. The predicted octanol–water partition coefficient (Wildman–Crippen LogP) is 5.30. The van der Waals surface area contributed by atoms with Crippen LogP contribution in [0.25, 0.3) is 11.3 Å². The van der Waals surface area contributed by atoms with E-state index in [0.717, 1.165) is 29.1 Å². The summed E-state index contributed by atoms with van der Waals surface area (Å²) in [5.74, 6) is 0.958. The first-order valence-corrected chi connectivity index (χ1v) is 13.6. The molecule has 2 fully saturated rings. The Labute approximate surface area is 205 Å². The Morgan fingerprint density at radius 1 is 1.15 bits per heavy atom. The Balaban J connectivity index is 1.73. The van der Waals surface area contributed by atoms with Crippen molar-refractivity contribution < 1.29 is 18.3 Å². The maximum Gasteiger partial charge on any atom is 0.253 e. The molecule has 1 aliphatic heterocycles. The van der Waals surface area contributed by atoms with Crippen LogP contribution in [0.4, 0.5) is 0 Å². The van der Waals surface area contributed by atoms with Crippen molar-refractivity contribution in [3.63, 3.8) is 0 Å². The lowest BCUT2D eigenvalue weighted by molar-refractivity contribution is -0.0298. The number of aromatic nitrogens is 1. The summed E-state index contributed by atoms with van der Waals surface area (Å²) in [5, 5.41) is 3.09. The van der Waals surface area contributed by atoms with Gasteiger partial charge < -0.3 is 19.2 Å². The van der Waals surface area contributed by atoms with Crippen molar-refractivity contribution in [1.82, 2.24) is 9.88 Å². The molecular formula is C27H38N2O4S. The fraction of sp³-hybridized carbons (Fsp3) is 0.593. The second-order valence-corrected chi connectivity index (χ2v) is 11.9. The molecule has 1 unspecified atom stereocenters. The molecule has 0 bridgehead atoms. The van der Waals surface area contributed by atoms with E-state index in [1.54, 1.807) is 6.07 Å². The molecule has 2 heterocycles. The summed E-state index contributed by atoms with van der Waals surface area (Å²) in [5.41, 5.74) is 4.23. The number of carbonyl (C=O) groups is 1. The van der Waals surface area contributed by atoms with Gasteiger partial charge in [-0.1, -0.05) is 46.1 Å². The fourth-order valence-corrected chi connectivity index (χ4v) is 5.88. The first-order valence-electron chi connectivity index (χ1n) is 12.5. The van der Waals surface area contributed by atoms with Crippen LogP contribution in [0.2, 0.25) is 0 Å². The zero-order chi connectivity index (χ0) is 24.5. The Kier molecular flexibility index (Phi) is 7.65. The van der Waals surface area contributed by atoms with E-state index in [0.29, 0.717) is 42.1 Å². The van der Waals surface area contributed by atoms with Gasteiger partial charge >= 0.3 is 0 Å². The molecule has 2 N–H and O–H groups in total. The van der Waals surface area contributed by atoms with Crippen LogP contribution in [0.3, 0.4) is 0 Å². The highest BCUT2D eigenvalue weighted by atomic mass is 32.2. The van der Waals surface area contributed by atoms with E-state index in [1.165, 1.54) is 32.1 Å². The lowest BCUT2D eigenvalue weighted by Crippen LogP contribution is -2.39. The van der Waals surface area contributed by atoms with Crippen molar-refractivity contribution in [3.8, 4) is 11.3 Å². The van der Waals surface area contributed by atoms with E-state index in [1.807, 2.05) is 25.1 Å². The minimum Gasteiger partial charge on any atom is -0.381 e. The Morgan fingerprint density at radius 3 is 2.44 bits per heavy atom. The third kappa shape index (κ3) is 5.47. The largest absolute Gasteiger partial charge is 0.381 e. The lowest BCUT2D eigenvalue weighted by Gasteiger charge is -2.26. The van der Waals surface area contributed by atoms with Gasteiger partial charge in [0.05, 0.1) is 23.7 Å². The van der Waals surface area contributed by atoms with Crippen molar-refractivity contribution in [1.29, 1.82) is 0 Å². The summed E-state index contributed by atoms with van der Waals surface area (Å²) in [6, 6.07) is 7.71. The lowest BCUT2D eigenvalue weighted by atomic mass is 9.85.